The molecule has 1 aromatic heterocycles. The van der Waals surface area contributed by atoms with Gasteiger partial charge in [-0.15, -0.1) is 0 Å². The maximum atomic E-state index is 12.7. The zero-order chi connectivity index (χ0) is 18.5. The van der Waals surface area contributed by atoms with Crippen LogP contribution in [0.3, 0.4) is 0 Å². The van der Waals surface area contributed by atoms with E-state index < -0.39 is 0 Å². The first kappa shape index (κ1) is 17.5. The van der Waals surface area contributed by atoms with Gasteiger partial charge in [0.1, 0.15) is 17.3 Å². The number of rotatable bonds is 7. The van der Waals surface area contributed by atoms with Gasteiger partial charge in [-0.2, -0.15) is 0 Å². The van der Waals surface area contributed by atoms with Crippen LogP contribution < -0.4 is 10.1 Å². The monoisotopic (exact) mass is 352 g/mol. The van der Waals surface area contributed by atoms with Crippen LogP contribution in [0, 0.1) is 6.92 Å². The fourth-order valence-electron chi connectivity index (χ4n) is 2.67. The molecular formula is C20H20N2O4. The van der Waals surface area contributed by atoms with Crippen LogP contribution in [0.25, 0.3) is 0 Å². The van der Waals surface area contributed by atoms with Crippen molar-refractivity contribution in [2.75, 3.05) is 12.4 Å². The lowest BCUT2D eigenvalue weighted by molar-refractivity contribution is 0.0976. The summed E-state index contributed by atoms with van der Waals surface area (Å²) in [7, 11) is 1.60. The third-order valence-electron chi connectivity index (χ3n) is 4.03. The molecule has 1 atom stereocenters. The molecule has 3 rings (SSSR count). The Labute approximate surface area is 151 Å². The largest absolute Gasteiger partial charge is 0.508 e. The molecule has 0 amide bonds. The van der Waals surface area contributed by atoms with Gasteiger partial charge in [0.05, 0.1) is 13.2 Å². The number of aromatic nitrogens is 1. The number of ketones is 1. The Morgan fingerprint density at radius 2 is 2.00 bits per heavy atom. The molecule has 0 radical (unpaired) electrons. The first-order valence-electron chi connectivity index (χ1n) is 8.21. The Hall–Kier alpha value is -3.28. The molecule has 0 bridgehead atoms. The zero-order valence-corrected chi connectivity index (χ0v) is 14.6. The summed E-state index contributed by atoms with van der Waals surface area (Å²) in [4.78, 5) is 12.7. The van der Waals surface area contributed by atoms with Crippen LogP contribution in [0.5, 0.6) is 11.5 Å². The number of methoxy groups -OCH3 is 1. The summed E-state index contributed by atoms with van der Waals surface area (Å²) in [6.45, 7) is 1.81. The maximum absolute atomic E-state index is 12.7. The highest BCUT2D eigenvalue weighted by Gasteiger charge is 2.19. The highest BCUT2D eigenvalue weighted by atomic mass is 16.5. The summed E-state index contributed by atoms with van der Waals surface area (Å²) < 4.78 is 10.4. The van der Waals surface area contributed by atoms with Gasteiger partial charge in [-0.1, -0.05) is 17.3 Å². The number of hydrogen-bond acceptors (Lipinski definition) is 6. The van der Waals surface area contributed by atoms with Crippen molar-refractivity contribution in [2.45, 2.75) is 19.4 Å². The highest BCUT2D eigenvalue weighted by Crippen LogP contribution is 2.27. The van der Waals surface area contributed by atoms with Crippen LogP contribution >= 0.6 is 0 Å². The van der Waals surface area contributed by atoms with Gasteiger partial charge in [0, 0.05) is 18.1 Å². The number of hydrogen-bond donors (Lipinski definition) is 2. The third-order valence-corrected chi connectivity index (χ3v) is 4.03. The van der Waals surface area contributed by atoms with E-state index in [2.05, 4.69) is 10.5 Å². The number of aryl methyl sites for hydroxylation is 1. The molecule has 0 spiro atoms. The first-order chi connectivity index (χ1) is 12.5. The molecule has 6 heteroatoms. The third kappa shape index (κ3) is 4.22. The van der Waals surface area contributed by atoms with Crippen LogP contribution in [0.1, 0.15) is 34.1 Å². The van der Waals surface area contributed by atoms with Crippen molar-refractivity contribution in [3.8, 4) is 11.5 Å². The number of carbonyl (C=O) groups excluding carboxylic acids is 1. The molecule has 1 heterocycles. The van der Waals surface area contributed by atoms with Gasteiger partial charge < -0.3 is 19.7 Å². The molecule has 2 aromatic carbocycles. The van der Waals surface area contributed by atoms with Crippen molar-refractivity contribution in [2.24, 2.45) is 0 Å². The lowest BCUT2D eigenvalue weighted by Crippen LogP contribution is -2.16. The van der Waals surface area contributed by atoms with Crippen LogP contribution in [-0.2, 0) is 0 Å². The van der Waals surface area contributed by atoms with Crippen molar-refractivity contribution in [1.29, 1.82) is 0 Å². The molecule has 3 aromatic rings. The van der Waals surface area contributed by atoms with Crippen molar-refractivity contribution < 1.29 is 19.2 Å². The van der Waals surface area contributed by atoms with Crippen molar-refractivity contribution in [1.82, 2.24) is 5.16 Å². The molecule has 6 nitrogen and oxygen atoms in total. The van der Waals surface area contributed by atoms with Gasteiger partial charge >= 0.3 is 0 Å². The molecule has 26 heavy (non-hydrogen) atoms. The average molecular weight is 352 g/mol. The quantitative estimate of drug-likeness (QED) is 0.622. The second-order valence-corrected chi connectivity index (χ2v) is 5.97. The Kier molecular flexibility index (Phi) is 5.22. The number of ether oxygens (including phenoxy) is 1. The van der Waals surface area contributed by atoms with E-state index in [9.17, 15) is 9.90 Å². The van der Waals surface area contributed by atoms with Gasteiger partial charge in [0.2, 0.25) is 0 Å². The van der Waals surface area contributed by atoms with Crippen molar-refractivity contribution in [3.05, 3.63) is 71.5 Å². The Bertz CT molecular complexity index is 887. The van der Waals surface area contributed by atoms with Crippen molar-refractivity contribution >= 4 is 11.6 Å². The molecule has 0 saturated carbocycles. The molecule has 2 N–H and O–H groups in total. The summed E-state index contributed by atoms with van der Waals surface area (Å²) in [5, 5.41) is 16.6. The number of phenolic OH excluding ortho intramolecular Hbond substituents is 1. The summed E-state index contributed by atoms with van der Waals surface area (Å²) in [5.74, 6) is 2.03. The second-order valence-electron chi connectivity index (χ2n) is 5.97. The maximum Gasteiger partial charge on any atom is 0.170 e. The summed E-state index contributed by atoms with van der Waals surface area (Å²) in [5.41, 5.74) is 1.44. The normalized spacial score (nSPS) is 11.8. The van der Waals surface area contributed by atoms with Gasteiger partial charge in [0.15, 0.2) is 11.6 Å². The lowest BCUT2D eigenvalue weighted by Gasteiger charge is -2.19. The van der Waals surface area contributed by atoms with E-state index in [0.717, 1.165) is 5.56 Å². The van der Waals surface area contributed by atoms with Crippen molar-refractivity contribution in [3.63, 3.8) is 0 Å². The van der Waals surface area contributed by atoms with Crippen LogP contribution in [-0.4, -0.2) is 23.2 Å². The molecule has 0 saturated heterocycles. The van der Waals surface area contributed by atoms with Crippen LogP contribution in [0.15, 0.2) is 59.1 Å². The van der Waals surface area contributed by atoms with E-state index >= 15 is 0 Å². The Morgan fingerprint density at radius 3 is 2.65 bits per heavy atom. The number of anilines is 1. The number of benzene rings is 2. The fourth-order valence-corrected chi connectivity index (χ4v) is 2.67. The molecule has 0 aliphatic rings. The van der Waals surface area contributed by atoms with E-state index in [0.29, 0.717) is 22.9 Å². The fraction of sp³-hybridized carbons (Fsp3) is 0.200. The van der Waals surface area contributed by atoms with Gasteiger partial charge in [-0.25, -0.2) is 0 Å². The predicted molar refractivity (Wildman–Crippen MR) is 97.7 cm³/mol. The number of Topliss-reactive ketones (excluding diaryl/α,β-unsaturated/α-hetero) is 1. The summed E-state index contributed by atoms with van der Waals surface area (Å²) in [6, 6.07) is 15.2. The Morgan fingerprint density at radius 1 is 1.23 bits per heavy atom. The number of nitrogens with one attached hydrogen (secondary N) is 1. The van der Waals surface area contributed by atoms with E-state index in [1.807, 2.05) is 24.3 Å². The van der Waals surface area contributed by atoms with E-state index in [-0.39, 0.29) is 24.0 Å². The molecule has 0 aliphatic carbocycles. The lowest BCUT2D eigenvalue weighted by atomic mass is 9.97. The summed E-state index contributed by atoms with van der Waals surface area (Å²) >= 11 is 0. The van der Waals surface area contributed by atoms with Gasteiger partial charge in [-0.3, -0.25) is 4.79 Å². The SMILES string of the molecule is COc1cccc(C(CC(=O)c2ccc(O)cc2)Nc2cc(C)on2)c1. The van der Waals surface area contributed by atoms with E-state index in [1.165, 1.54) is 12.1 Å². The minimum atomic E-state index is -0.309. The topological polar surface area (TPSA) is 84.6 Å². The number of aromatic hydroxyl groups is 1. The smallest absolute Gasteiger partial charge is 0.170 e. The summed E-state index contributed by atoms with van der Waals surface area (Å²) in [6.07, 6.45) is 0.212. The van der Waals surface area contributed by atoms with Crippen LogP contribution in [0.4, 0.5) is 5.82 Å². The highest BCUT2D eigenvalue weighted by molar-refractivity contribution is 5.96. The molecular weight excluding hydrogens is 332 g/mol. The second kappa shape index (κ2) is 7.74. The number of nitrogens with zero attached hydrogens (tertiary/aromatic N) is 1. The van der Waals surface area contributed by atoms with Gasteiger partial charge in [0.25, 0.3) is 0 Å². The predicted octanol–water partition coefficient (Wildman–Crippen LogP) is 4.12. The van der Waals surface area contributed by atoms with Crippen LogP contribution in [0.2, 0.25) is 0 Å². The standard InChI is InChI=1S/C20H20N2O4/c1-13-10-20(22-26-13)21-18(15-4-3-5-17(11-15)25-2)12-19(24)14-6-8-16(23)9-7-14/h3-11,18,23H,12H2,1-2H3,(H,21,22). The molecule has 0 fully saturated rings. The number of carbonyl (C=O) groups is 1. The van der Waals surface area contributed by atoms with Gasteiger partial charge in [-0.05, 0) is 48.9 Å². The Balaban J connectivity index is 1.86. The molecule has 0 aliphatic heterocycles. The number of phenols is 1. The molecule has 1 unspecified atom stereocenters. The minimum Gasteiger partial charge on any atom is -0.508 e. The van der Waals surface area contributed by atoms with E-state index in [4.69, 9.17) is 9.26 Å². The zero-order valence-electron chi connectivity index (χ0n) is 14.6. The molecule has 134 valence electrons. The minimum absolute atomic E-state index is 0.0504. The average Bonchev–Trinajstić information content (AvgIpc) is 3.06. The first-order valence-corrected chi connectivity index (χ1v) is 8.21. The van der Waals surface area contributed by atoms with E-state index in [1.54, 1.807) is 32.2 Å².